The number of hydrogen-bond donors (Lipinski definition) is 1. The molecule has 1 N–H and O–H groups in total. The predicted octanol–water partition coefficient (Wildman–Crippen LogP) is 2.84. The highest BCUT2D eigenvalue weighted by Crippen LogP contribution is 2.51. The zero-order valence-electron chi connectivity index (χ0n) is 18.7. The van der Waals surface area contributed by atoms with E-state index in [0.29, 0.717) is 12.3 Å². The number of pyridine rings is 2. The Balaban J connectivity index is 1.54. The van der Waals surface area contributed by atoms with E-state index in [1.54, 1.807) is 31.4 Å². The number of carbonyl (C=O) groups is 1. The fourth-order valence-corrected chi connectivity index (χ4v) is 4.73. The molecular formula is C23H27N5O4. The molecule has 9 heteroatoms. The molecule has 2 fully saturated rings. The van der Waals surface area contributed by atoms with E-state index in [9.17, 15) is 9.59 Å². The number of rotatable bonds is 5. The molecule has 3 aromatic heterocycles. The van der Waals surface area contributed by atoms with E-state index in [1.165, 1.54) is 4.57 Å². The van der Waals surface area contributed by atoms with E-state index < -0.39 is 5.91 Å². The number of nitrogens with zero attached hydrogens (tertiary/aromatic N) is 4. The molecule has 2 atom stereocenters. The maximum Gasteiger partial charge on any atom is 0.274 e. The maximum atomic E-state index is 13.1. The highest BCUT2D eigenvalue weighted by atomic mass is 16.5. The fraction of sp³-hybridized carbons (Fsp3) is 0.478. The third-order valence-corrected chi connectivity index (χ3v) is 6.42. The van der Waals surface area contributed by atoms with Gasteiger partial charge in [-0.3, -0.25) is 14.3 Å². The summed E-state index contributed by atoms with van der Waals surface area (Å²) in [7, 11) is 1.63. The van der Waals surface area contributed by atoms with E-state index in [-0.39, 0.29) is 39.9 Å². The van der Waals surface area contributed by atoms with Crippen molar-refractivity contribution in [3.8, 4) is 5.88 Å². The Labute approximate surface area is 185 Å². The molecule has 3 aromatic rings. The number of aryl methyl sites for hydroxylation is 1. The Kier molecular flexibility index (Phi) is 4.63. The maximum absolute atomic E-state index is 13.1. The van der Waals surface area contributed by atoms with Crippen molar-refractivity contribution >= 4 is 22.6 Å². The first-order valence-corrected chi connectivity index (χ1v) is 10.9. The molecule has 9 nitrogen and oxygen atoms in total. The third kappa shape index (κ3) is 3.37. The second kappa shape index (κ2) is 7.16. The Hall–Kier alpha value is -3.20. The zero-order valence-corrected chi connectivity index (χ0v) is 18.7. The van der Waals surface area contributed by atoms with Crippen molar-refractivity contribution in [1.29, 1.82) is 0 Å². The number of ether oxygens (including phenoxy) is 2. The van der Waals surface area contributed by atoms with E-state index in [4.69, 9.17) is 14.6 Å². The van der Waals surface area contributed by atoms with Gasteiger partial charge in [0, 0.05) is 31.2 Å². The molecule has 1 aliphatic carbocycles. The lowest BCUT2D eigenvalue weighted by Gasteiger charge is -2.26. The second-order valence-corrected chi connectivity index (χ2v) is 9.43. The van der Waals surface area contributed by atoms with Gasteiger partial charge in [-0.15, -0.1) is 0 Å². The number of hydrogen-bond acceptors (Lipinski definition) is 6. The molecule has 5 rings (SSSR count). The number of fused-ring (bicyclic) bond motifs is 3. The average molecular weight is 438 g/mol. The zero-order chi connectivity index (χ0) is 22.7. The van der Waals surface area contributed by atoms with Crippen molar-refractivity contribution in [3.63, 3.8) is 0 Å². The predicted molar refractivity (Wildman–Crippen MR) is 119 cm³/mol. The van der Waals surface area contributed by atoms with Gasteiger partial charge in [-0.1, -0.05) is 0 Å². The van der Waals surface area contributed by atoms with Gasteiger partial charge in [0.15, 0.2) is 5.65 Å². The number of amides is 1. The van der Waals surface area contributed by atoms with Crippen molar-refractivity contribution in [2.45, 2.75) is 57.3 Å². The van der Waals surface area contributed by atoms with E-state index in [1.807, 2.05) is 24.7 Å². The van der Waals surface area contributed by atoms with Crippen LogP contribution in [0.4, 0.5) is 5.69 Å². The van der Waals surface area contributed by atoms with Crippen LogP contribution in [-0.4, -0.2) is 43.6 Å². The molecule has 168 valence electrons. The molecule has 2 unspecified atom stereocenters. The van der Waals surface area contributed by atoms with Crippen LogP contribution in [0.1, 0.15) is 50.4 Å². The molecule has 1 amide bonds. The van der Waals surface area contributed by atoms with Gasteiger partial charge in [-0.05, 0) is 51.8 Å². The normalized spacial score (nSPS) is 24.4. The van der Waals surface area contributed by atoms with Crippen LogP contribution in [0.3, 0.4) is 0 Å². The highest BCUT2D eigenvalue weighted by molar-refractivity contribution is 6.07. The van der Waals surface area contributed by atoms with Gasteiger partial charge in [0.05, 0.1) is 23.9 Å². The lowest BCUT2D eigenvalue weighted by atomic mass is 9.99. The minimum atomic E-state index is -0.457. The van der Waals surface area contributed by atoms with Gasteiger partial charge in [0.25, 0.3) is 11.5 Å². The molecule has 0 radical (unpaired) electrons. The molecule has 2 bridgehead atoms. The molecule has 0 spiro atoms. The number of nitrogens with one attached hydrogen (secondary N) is 1. The van der Waals surface area contributed by atoms with Crippen LogP contribution in [0.15, 0.2) is 35.4 Å². The monoisotopic (exact) mass is 437 g/mol. The summed E-state index contributed by atoms with van der Waals surface area (Å²) in [6, 6.07) is 5.00. The Bertz CT molecular complexity index is 1270. The lowest BCUT2D eigenvalue weighted by molar-refractivity contribution is -0.0149. The van der Waals surface area contributed by atoms with Gasteiger partial charge in [0.2, 0.25) is 5.88 Å². The average Bonchev–Trinajstić information content (AvgIpc) is 3.41. The minimum Gasteiger partial charge on any atom is -0.474 e. The summed E-state index contributed by atoms with van der Waals surface area (Å²) in [6.07, 6.45) is 6.28. The third-order valence-electron chi connectivity index (χ3n) is 6.42. The molecule has 1 saturated carbocycles. The van der Waals surface area contributed by atoms with E-state index in [0.717, 1.165) is 24.6 Å². The summed E-state index contributed by atoms with van der Waals surface area (Å²) in [6.45, 7) is 6.51. The quantitative estimate of drug-likeness (QED) is 0.659. The molecule has 0 aromatic carbocycles. The van der Waals surface area contributed by atoms with Crippen molar-refractivity contribution in [1.82, 2.24) is 19.3 Å². The lowest BCUT2D eigenvalue weighted by Crippen LogP contribution is -2.33. The number of aromatic nitrogens is 4. The molecule has 1 aliphatic heterocycles. The van der Waals surface area contributed by atoms with Gasteiger partial charge >= 0.3 is 0 Å². The summed E-state index contributed by atoms with van der Waals surface area (Å²) >= 11 is 0. The molecule has 32 heavy (non-hydrogen) atoms. The van der Waals surface area contributed by atoms with Crippen molar-refractivity contribution in [3.05, 3.63) is 46.5 Å². The summed E-state index contributed by atoms with van der Waals surface area (Å²) in [4.78, 5) is 30.0. The molecular weight excluding hydrogens is 410 g/mol. The molecule has 2 aliphatic rings. The highest BCUT2D eigenvalue weighted by Gasteiger charge is 2.55. The summed E-state index contributed by atoms with van der Waals surface area (Å²) in [5, 5.41) is 8.17. The van der Waals surface area contributed by atoms with Crippen molar-refractivity contribution < 1.29 is 14.3 Å². The fourth-order valence-electron chi connectivity index (χ4n) is 4.73. The largest absolute Gasteiger partial charge is 0.474 e. The first-order chi connectivity index (χ1) is 15.2. The summed E-state index contributed by atoms with van der Waals surface area (Å²) in [5.41, 5.74) is 0.408. The van der Waals surface area contributed by atoms with Crippen LogP contribution < -0.4 is 15.6 Å². The summed E-state index contributed by atoms with van der Waals surface area (Å²) < 4.78 is 15.2. The Morgan fingerprint density at radius 3 is 2.81 bits per heavy atom. The number of anilines is 1. The van der Waals surface area contributed by atoms with Crippen LogP contribution in [0, 0.1) is 0 Å². The van der Waals surface area contributed by atoms with Crippen molar-refractivity contribution in [2.75, 3.05) is 11.9 Å². The first-order valence-electron chi connectivity index (χ1n) is 10.9. The first kappa shape index (κ1) is 20.7. The van der Waals surface area contributed by atoms with Gasteiger partial charge < -0.3 is 19.4 Å². The van der Waals surface area contributed by atoms with Gasteiger partial charge in [0.1, 0.15) is 11.3 Å². The standard InChI is InChI=1S/C23H27N5O4/c1-14(2)32-20-16(19(29)24-17-6-5-9-27(4)21(17)30)10-15-11-28(26-18(15)25-20)23-8-7-22(3,12-23)31-13-23/h5-6,9-11,14H,7-8,12-13H2,1-4H3,(H,24,29). The number of carbonyl (C=O) groups excluding carboxylic acids is 1. The van der Waals surface area contributed by atoms with Crippen molar-refractivity contribution in [2.24, 2.45) is 7.05 Å². The van der Waals surface area contributed by atoms with E-state index in [2.05, 4.69) is 17.2 Å². The topological polar surface area (TPSA) is 100 Å². The van der Waals surface area contributed by atoms with Crippen LogP contribution >= 0.6 is 0 Å². The van der Waals surface area contributed by atoms with Crippen LogP contribution in [0.25, 0.3) is 11.0 Å². The molecule has 1 saturated heterocycles. The second-order valence-electron chi connectivity index (χ2n) is 9.43. The van der Waals surface area contributed by atoms with Crippen LogP contribution in [-0.2, 0) is 17.3 Å². The molecule has 4 heterocycles. The minimum absolute atomic E-state index is 0.0929. The smallest absolute Gasteiger partial charge is 0.274 e. The van der Waals surface area contributed by atoms with Gasteiger partial charge in [-0.25, -0.2) is 0 Å². The van der Waals surface area contributed by atoms with Gasteiger partial charge in [-0.2, -0.15) is 10.1 Å². The Morgan fingerprint density at radius 1 is 1.34 bits per heavy atom. The van der Waals surface area contributed by atoms with Crippen LogP contribution in [0.2, 0.25) is 0 Å². The Morgan fingerprint density at radius 2 is 2.16 bits per heavy atom. The van der Waals surface area contributed by atoms with E-state index >= 15 is 0 Å². The summed E-state index contributed by atoms with van der Waals surface area (Å²) in [5.74, 6) is -0.263. The van der Waals surface area contributed by atoms with Crippen LogP contribution in [0.5, 0.6) is 5.88 Å². The SMILES string of the molecule is CC(C)Oc1nc2nn(C34CCC(C)(C3)OC4)cc2cc1C(=O)Nc1cccn(C)c1=O.